The number of hydrogen-bond donors (Lipinski definition) is 1. The number of rotatable bonds is 1. The van der Waals surface area contributed by atoms with Crippen molar-refractivity contribution in [2.24, 2.45) is 0 Å². The summed E-state index contributed by atoms with van der Waals surface area (Å²) in [6, 6.07) is 12.9. The maximum atomic E-state index is 12.9. The van der Waals surface area contributed by atoms with Crippen molar-refractivity contribution in [3.05, 3.63) is 53.8 Å². The zero-order chi connectivity index (χ0) is 11.0. The van der Waals surface area contributed by atoms with Crippen LogP contribution >= 0.6 is 0 Å². The van der Waals surface area contributed by atoms with Crippen LogP contribution in [-0.4, -0.2) is 6.54 Å². The molecule has 0 aliphatic carbocycles. The average molecular weight is 213 g/mol. The predicted molar refractivity (Wildman–Crippen MR) is 64.0 cm³/mol. The standard InChI is InChI=1S/C14H12FN/c15-11-6-4-10(5-7-11)12-2-1-3-14-13(12)8-9-16-14/h1-7,16H,8-9H2. The molecule has 1 N–H and O–H groups in total. The van der Waals surface area contributed by atoms with Crippen molar-refractivity contribution in [3.63, 3.8) is 0 Å². The highest BCUT2D eigenvalue weighted by molar-refractivity contribution is 5.75. The second kappa shape index (κ2) is 3.63. The normalized spacial score (nSPS) is 13.3. The highest BCUT2D eigenvalue weighted by atomic mass is 19.1. The minimum absolute atomic E-state index is 0.186. The molecule has 1 aliphatic heterocycles. The largest absolute Gasteiger partial charge is 0.384 e. The van der Waals surface area contributed by atoms with E-state index in [2.05, 4.69) is 17.4 Å². The zero-order valence-electron chi connectivity index (χ0n) is 8.83. The molecule has 0 aromatic heterocycles. The van der Waals surface area contributed by atoms with Gasteiger partial charge in [-0.15, -0.1) is 0 Å². The summed E-state index contributed by atoms with van der Waals surface area (Å²) >= 11 is 0. The van der Waals surface area contributed by atoms with Gasteiger partial charge in [0, 0.05) is 12.2 Å². The van der Waals surface area contributed by atoms with E-state index in [-0.39, 0.29) is 5.82 Å². The molecule has 0 saturated heterocycles. The first kappa shape index (κ1) is 9.40. The molecule has 2 aromatic carbocycles. The van der Waals surface area contributed by atoms with Gasteiger partial charge in [-0.2, -0.15) is 0 Å². The van der Waals surface area contributed by atoms with Crippen LogP contribution in [-0.2, 0) is 6.42 Å². The van der Waals surface area contributed by atoms with Crippen molar-refractivity contribution in [3.8, 4) is 11.1 Å². The van der Waals surface area contributed by atoms with Gasteiger partial charge in [-0.05, 0) is 41.3 Å². The molecule has 0 spiro atoms. The number of hydrogen-bond acceptors (Lipinski definition) is 1. The van der Waals surface area contributed by atoms with Gasteiger partial charge in [0.05, 0.1) is 0 Å². The van der Waals surface area contributed by atoms with Gasteiger partial charge < -0.3 is 5.32 Å². The van der Waals surface area contributed by atoms with Crippen molar-refractivity contribution in [1.82, 2.24) is 0 Å². The minimum atomic E-state index is -0.186. The van der Waals surface area contributed by atoms with E-state index >= 15 is 0 Å². The van der Waals surface area contributed by atoms with Gasteiger partial charge in [-0.25, -0.2) is 4.39 Å². The number of anilines is 1. The van der Waals surface area contributed by atoms with Crippen molar-refractivity contribution in [1.29, 1.82) is 0 Å². The first-order valence-electron chi connectivity index (χ1n) is 5.46. The molecule has 0 atom stereocenters. The Labute approximate surface area is 93.9 Å². The van der Waals surface area contributed by atoms with E-state index in [4.69, 9.17) is 0 Å². The topological polar surface area (TPSA) is 12.0 Å². The Bertz CT molecular complexity index is 517. The van der Waals surface area contributed by atoms with Gasteiger partial charge in [0.15, 0.2) is 0 Å². The summed E-state index contributed by atoms with van der Waals surface area (Å²) in [5, 5.41) is 3.35. The predicted octanol–water partition coefficient (Wildman–Crippen LogP) is 3.46. The smallest absolute Gasteiger partial charge is 0.123 e. The first-order chi connectivity index (χ1) is 7.84. The maximum Gasteiger partial charge on any atom is 0.123 e. The molecular weight excluding hydrogens is 201 g/mol. The molecule has 16 heavy (non-hydrogen) atoms. The maximum absolute atomic E-state index is 12.9. The van der Waals surface area contributed by atoms with Crippen molar-refractivity contribution in [2.75, 3.05) is 11.9 Å². The second-order valence-corrected chi connectivity index (χ2v) is 4.02. The Morgan fingerprint density at radius 2 is 1.81 bits per heavy atom. The minimum Gasteiger partial charge on any atom is -0.384 e. The molecule has 0 bridgehead atoms. The summed E-state index contributed by atoms with van der Waals surface area (Å²) in [5.74, 6) is -0.186. The van der Waals surface area contributed by atoms with Crippen molar-refractivity contribution in [2.45, 2.75) is 6.42 Å². The van der Waals surface area contributed by atoms with Crippen LogP contribution in [0.2, 0.25) is 0 Å². The van der Waals surface area contributed by atoms with Crippen LogP contribution in [0.5, 0.6) is 0 Å². The molecule has 3 rings (SSSR count). The fraction of sp³-hybridized carbons (Fsp3) is 0.143. The molecular formula is C14H12FN. The summed E-state index contributed by atoms with van der Waals surface area (Å²) in [7, 11) is 0. The van der Waals surface area contributed by atoms with E-state index in [1.54, 1.807) is 0 Å². The number of fused-ring (bicyclic) bond motifs is 1. The van der Waals surface area contributed by atoms with E-state index < -0.39 is 0 Å². The van der Waals surface area contributed by atoms with Crippen LogP contribution in [0.15, 0.2) is 42.5 Å². The van der Waals surface area contributed by atoms with E-state index in [9.17, 15) is 4.39 Å². The third-order valence-electron chi connectivity index (χ3n) is 3.02. The Kier molecular flexibility index (Phi) is 2.13. The van der Waals surface area contributed by atoms with Crippen LogP contribution < -0.4 is 5.32 Å². The molecule has 1 nitrogen and oxygen atoms in total. The SMILES string of the molecule is Fc1ccc(-c2cccc3c2CCN3)cc1. The van der Waals surface area contributed by atoms with Crippen LogP contribution in [0, 0.1) is 5.82 Å². The first-order valence-corrected chi connectivity index (χ1v) is 5.46. The number of benzene rings is 2. The lowest BCUT2D eigenvalue weighted by molar-refractivity contribution is 0.628. The monoisotopic (exact) mass is 213 g/mol. The second-order valence-electron chi connectivity index (χ2n) is 4.02. The zero-order valence-corrected chi connectivity index (χ0v) is 8.83. The summed E-state index contributed by atoms with van der Waals surface area (Å²) < 4.78 is 12.9. The average Bonchev–Trinajstić information content (AvgIpc) is 2.78. The fourth-order valence-corrected chi connectivity index (χ4v) is 2.24. The summed E-state index contributed by atoms with van der Waals surface area (Å²) in [5.41, 5.74) is 4.85. The quantitative estimate of drug-likeness (QED) is 0.765. The van der Waals surface area contributed by atoms with E-state index in [1.165, 1.54) is 28.9 Å². The Balaban J connectivity index is 2.13. The number of halogens is 1. The lowest BCUT2D eigenvalue weighted by Crippen LogP contribution is -1.90. The van der Waals surface area contributed by atoms with Crippen molar-refractivity contribution >= 4 is 5.69 Å². The third-order valence-corrected chi connectivity index (χ3v) is 3.02. The Morgan fingerprint density at radius 1 is 1.00 bits per heavy atom. The molecule has 80 valence electrons. The van der Waals surface area contributed by atoms with Gasteiger partial charge in [-0.3, -0.25) is 0 Å². The lowest BCUT2D eigenvalue weighted by Gasteiger charge is -2.07. The van der Waals surface area contributed by atoms with Crippen LogP contribution in [0.3, 0.4) is 0 Å². The van der Waals surface area contributed by atoms with Crippen LogP contribution in [0.1, 0.15) is 5.56 Å². The molecule has 0 fully saturated rings. The molecule has 1 heterocycles. The Morgan fingerprint density at radius 3 is 2.62 bits per heavy atom. The molecule has 2 heteroatoms. The Hall–Kier alpha value is -1.83. The molecule has 0 amide bonds. The summed E-state index contributed by atoms with van der Waals surface area (Å²) in [6.07, 6.45) is 1.04. The van der Waals surface area contributed by atoms with Gasteiger partial charge in [0.25, 0.3) is 0 Å². The molecule has 1 aliphatic rings. The highest BCUT2D eigenvalue weighted by Gasteiger charge is 2.14. The van der Waals surface area contributed by atoms with Crippen LogP contribution in [0.4, 0.5) is 10.1 Å². The fourth-order valence-electron chi connectivity index (χ4n) is 2.24. The van der Waals surface area contributed by atoms with Crippen molar-refractivity contribution < 1.29 is 4.39 Å². The van der Waals surface area contributed by atoms with Gasteiger partial charge in [-0.1, -0.05) is 24.3 Å². The third kappa shape index (κ3) is 1.47. The number of nitrogens with one attached hydrogen (secondary N) is 1. The molecule has 0 radical (unpaired) electrons. The summed E-state index contributed by atoms with van der Waals surface area (Å²) in [6.45, 7) is 0.994. The van der Waals surface area contributed by atoms with Crippen LogP contribution in [0.25, 0.3) is 11.1 Å². The van der Waals surface area contributed by atoms with Gasteiger partial charge in [0.1, 0.15) is 5.82 Å². The molecule has 2 aromatic rings. The summed E-state index contributed by atoms with van der Waals surface area (Å²) in [4.78, 5) is 0. The molecule has 0 saturated carbocycles. The lowest BCUT2D eigenvalue weighted by atomic mass is 9.98. The van der Waals surface area contributed by atoms with E-state index in [0.717, 1.165) is 18.5 Å². The van der Waals surface area contributed by atoms with E-state index in [1.807, 2.05) is 18.2 Å². The van der Waals surface area contributed by atoms with Gasteiger partial charge in [0.2, 0.25) is 0 Å². The van der Waals surface area contributed by atoms with E-state index in [0.29, 0.717) is 0 Å². The highest BCUT2D eigenvalue weighted by Crippen LogP contribution is 2.32. The molecule has 0 unspecified atom stereocenters. The van der Waals surface area contributed by atoms with Gasteiger partial charge >= 0.3 is 0 Å².